The lowest BCUT2D eigenvalue weighted by Crippen LogP contribution is -2.42. The van der Waals surface area contributed by atoms with Crippen LogP contribution in [0.4, 0.5) is 0 Å². The molecule has 11 nitrogen and oxygen atoms in total. The molecule has 0 N–H and O–H groups in total. The lowest BCUT2D eigenvalue weighted by molar-refractivity contribution is -0.0448. The van der Waals surface area contributed by atoms with Gasteiger partial charge in [0.25, 0.3) is 0 Å². The minimum Gasteiger partial charge on any atom is -0.496 e. The van der Waals surface area contributed by atoms with Gasteiger partial charge in [0.2, 0.25) is 0 Å². The predicted molar refractivity (Wildman–Crippen MR) is 217 cm³/mol. The Balaban J connectivity index is 1.60. The van der Waals surface area contributed by atoms with Gasteiger partial charge in [-0.2, -0.15) is 0 Å². The third kappa shape index (κ3) is 7.69. The Morgan fingerprint density at radius 3 is 1.96 bits per heavy atom. The van der Waals surface area contributed by atoms with Crippen LogP contribution in [0.3, 0.4) is 0 Å². The van der Waals surface area contributed by atoms with Gasteiger partial charge in [-0.25, -0.2) is 0 Å². The van der Waals surface area contributed by atoms with Crippen LogP contribution in [0.5, 0.6) is 40.2 Å². The molecule has 1 unspecified atom stereocenters. The van der Waals surface area contributed by atoms with Crippen LogP contribution in [-0.4, -0.2) is 64.2 Å². The largest absolute Gasteiger partial charge is 0.496 e. The standard InChI is InChI=1S/C42H51BrO11Si/c1-42(2,3)55(10,11)54-29(20-25-19-26(41-50-17-18-51-41)34(43)40(49-9)35(25)52-23-24-15-13-12-14-16-24)28-21-27-36(46-6)32-30(44-4)22-31(45-5)38(47-7)33(32)39(48-8)37(27)53-28/h12-16,19,21-22,29,41H,17-18,20,23H2,1-11H3. The van der Waals surface area contributed by atoms with Crippen LogP contribution in [0.25, 0.3) is 21.7 Å². The van der Waals surface area contributed by atoms with E-state index < -0.39 is 20.7 Å². The molecule has 55 heavy (non-hydrogen) atoms. The molecule has 1 aliphatic heterocycles. The van der Waals surface area contributed by atoms with Gasteiger partial charge in [0.15, 0.2) is 48.9 Å². The molecular formula is C42H51BrO11Si. The van der Waals surface area contributed by atoms with E-state index in [1.807, 2.05) is 42.5 Å². The molecule has 0 spiro atoms. The molecule has 1 atom stereocenters. The van der Waals surface area contributed by atoms with E-state index in [2.05, 4.69) is 49.8 Å². The Morgan fingerprint density at radius 1 is 0.745 bits per heavy atom. The summed E-state index contributed by atoms with van der Waals surface area (Å²) in [7, 11) is 7.13. The van der Waals surface area contributed by atoms with Gasteiger partial charge in [0.1, 0.15) is 30.0 Å². The first kappa shape index (κ1) is 40.5. The number of furan rings is 1. The molecule has 4 aromatic carbocycles. The van der Waals surface area contributed by atoms with Gasteiger partial charge in [0.05, 0.1) is 76.5 Å². The van der Waals surface area contributed by atoms with E-state index >= 15 is 0 Å². The second-order valence-electron chi connectivity index (χ2n) is 14.7. The van der Waals surface area contributed by atoms with Crippen molar-refractivity contribution in [3.8, 4) is 40.2 Å². The Morgan fingerprint density at radius 2 is 1.38 bits per heavy atom. The van der Waals surface area contributed by atoms with E-state index in [-0.39, 0.29) is 5.04 Å². The van der Waals surface area contributed by atoms with E-state index in [1.54, 1.807) is 48.7 Å². The van der Waals surface area contributed by atoms with Crippen molar-refractivity contribution in [2.75, 3.05) is 55.9 Å². The molecule has 0 bridgehead atoms. The molecule has 1 fully saturated rings. The fourth-order valence-corrected chi connectivity index (χ4v) is 8.60. The van der Waals surface area contributed by atoms with E-state index in [0.29, 0.717) is 98.5 Å². The number of fused-ring (bicyclic) bond motifs is 2. The van der Waals surface area contributed by atoms with Gasteiger partial charge < -0.3 is 51.5 Å². The van der Waals surface area contributed by atoms with Crippen molar-refractivity contribution in [3.63, 3.8) is 0 Å². The highest BCUT2D eigenvalue weighted by Crippen LogP contribution is 2.55. The summed E-state index contributed by atoms with van der Waals surface area (Å²) in [5, 5.41) is 1.79. The highest BCUT2D eigenvalue weighted by atomic mass is 79.9. The Kier molecular flexibility index (Phi) is 12.2. The van der Waals surface area contributed by atoms with Crippen molar-refractivity contribution < 1.29 is 51.5 Å². The van der Waals surface area contributed by atoms with E-state index in [0.717, 1.165) is 16.7 Å². The van der Waals surface area contributed by atoms with Crippen LogP contribution >= 0.6 is 15.9 Å². The Bertz CT molecular complexity index is 2140. The zero-order chi connectivity index (χ0) is 39.7. The lowest BCUT2D eigenvalue weighted by atomic mass is 10.00. The number of benzene rings is 4. The van der Waals surface area contributed by atoms with Gasteiger partial charge in [-0.15, -0.1) is 0 Å². The maximum atomic E-state index is 7.30. The van der Waals surface area contributed by atoms with Gasteiger partial charge in [-0.3, -0.25) is 0 Å². The minimum atomic E-state index is -2.46. The molecule has 1 saturated heterocycles. The monoisotopic (exact) mass is 838 g/mol. The van der Waals surface area contributed by atoms with E-state index in [9.17, 15) is 0 Å². The molecule has 0 saturated carbocycles. The highest BCUT2D eigenvalue weighted by molar-refractivity contribution is 9.10. The molecule has 0 amide bonds. The zero-order valence-corrected chi connectivity index (χ0v) is 36.1. The van der Waals surface area contributed by atoms with Crippen LogP contribution in [0, 0.1) is 0 Å². The van der Waals surface area contributed by atoms with Crippen molar-refractivity contribution in [3.05, 3.63) is 75.5 Å². The van der Waals surface area contributed by atoms with Crippen LogP contribution in [0.1, 0.15) is 55.6 Å². The number of hydrogen-bond donors (Lipinski definition) is 0. The van der Waals surface area contributed by atoms with Crippen molar-refractivity contribution >= 4 is 46.0 Å². The fourth-order valence-electron chi connectivity index (χ4n) is 6.69. The Labute approximate surface area is 332 Å². The number of ether oxygens (including phenoxy) is 9. The third-order valence-electron chi connectivity index (χ3n) is 10.5. The molecule has 1 aliphatic rings. The Hall–Kier alpha value is -4.14. The first-order valence-corrected chi connectivity index (χ1v) is 21.8. The molecule has 2 heterocycles. The first-order chi connectivity index (χ1) is 26.3. The summed E-state index contributed by atoms with van der Waals surface area (Å²) in [6.07, 6.45) is -0.823. The number of methoxy groups -OCH3 is 6. The smallest absolute Gasteiger partial charge is 0.193 e. The second-order valence-corrected chi connectivity index (χ2v) is 20.3. The molecule has 296 valence electrons. The summed E-state index contributed by atoms with van der Waals surface area (Å²) in [4.78, 5) is 0. The van der Waals surface area contributed by atoms with Gasteiger partial charge in [0, 0.05) is 23.6 Å². The highest BCUT2D eigenvalue weighted by Gasteiger charge is 2.41. The maximum absolute atomic E-state index is 7.30. The SMILES string of the molecule is COc1cc(OC)c2c(OC)c3cc(C(Cc4cc(C5OCCO5)c(Br)c(OC)c4OCc4ccccc4)O[Si](C)(C)C(C)(C)C)oc3c(OC)c2c1OC. The normalized spacial score (nSPS) is 14.3. The topological polar surface area (TPSA) is 105 Å². The van der Waals surface area contributed by atoms with Gasteiger partial charge in [-0.05, 0) is 51.8 Å². The molecule has 5 aromatic rings. The summed E-state index contributed by atoms with van der Waals surface area (Å²) in [6, 6.07) is 15.8. The van der Waals surface area contributed by atoms with Gasteiger partial charge >= 0.3 is 0 Å². The second kappa shape index (κ2) is 16.5. The van der Waals surface area contributed by atoms with Crippen LogP contribution in [0.15, 0.2) is 57.4 Å². The molecule has 13 heteroatoms. The maximum Gasteiger partial charge on any atom is 0.193 e. The van der Waals surface area contributed by atoms with Crippen molar-refractivity contribution in [1.29, 1.82) is 0 Å². The molecule has 6 rings (SSSR count). The molecule has 0 radical (unpaired) electrons. The summed E-state index contributed by atoms with van der Waals surface area (Å²) in [5.74, 6) is 4.08. The lowest BCUT2D eigenvalue weighted by Gasteiger charge is -2.39. The summed E-state index contributed by atoms with van der Waals surface area (Å²) >= 11 is 3.79. The number of halogens is 1. The van der Waals surface area contributed by atoms with Crippen LogP contribution in [-0.2, 0) is 26.9 Å². The quantitative estimate of drug-likeness (QED) is 0.0941. The zero-order valence-electron chi connectivity index (χ0n) is 33.5. The first-order valence-electron chi connectivity index (χ1n) is 18.1. The molecule has 0 aliphatic carbocycles. The predicted octanol–water partition coefficient (Wildman–Crippen LogP) is 10.3. The van der Waals surface area contributed by atoms with Crippen LogP contribution in [0.2, 0.25) is 18.1 Å². The number of hydrogen-bond acceptors (Lipinski definition) is 11. The minimum absolute atomic E-state index is 0.126. The summed E-state index contributed by atoms with van der Waals surface area (Å²) in [6.45, 7) is 12.4. The summed E-state index contributed by atoms with van der Waals surface area (Å²) in [5.41, 5.74) is 3.08. The van der Waals surface area contributed by atoms with E-state index in [4.69, 9.17) is 51.5 Å². The van der Waals surface area contributed by atoms with Crippen LogP contribution < -0.4 is 33.2 Å². The van der Waals surface area contributed by atoms with Crippen molar-refractivity contribution in [2.45, 2.75) is 64.3 Å². The fraction of sp³-hybridized carbons (Fsp3) is 0.429. The van der Waals surface area contributed by atoms with E-state index in [1.165, 1.54) is 0 Å². The molecule has 1 aromatic heterocycles. The van der Waals surface area contributed by atoms with Crippen molar-refractivity contribution in [1.82, 2.24) is 0 Å². The van der Waals surface area contributed by atoms with Crippen molar-refractivity contribution in [2.24, 2.45) is 0 Å². The average molecular weight is 840 g/mol. The van der Waals surface area contributed by atoms with Gasteiger partial charge in [-0.1, -0.05) is 51.1 Å². The third-order valence-corrected chi connectivity index (χ3v) is 15.8. The molecular weight excluding hydrogens is 788 g/mol. The number of rotatable bonds is 15. The summed E-state index contributed by atoms with van der Waals surface area (Å²) < 4.78 is 69.3. The average Bonchev–Trinajstić information content (AvgIpc) is 3.87.